The van der Waals surface area contributed by atoms with Gasteiger partial charge in [0.05, 0.1) is 0 Å². The number of pyridine rings is 1. The Labute approximate surface area is 271 Å². The first-order valence-corrected chi connectivity index (χ1v) is 15.3. The van der Waals surface area contributed by atoms with Crippen molar-refractivity contribution in [3.05, 3.63) is 100 Å². The number of piperazine rings is 1. The molecule has 0 radical (unpaired) electrons. The van der Waals surface area contributed by atoms with Crippen LogP contribution in [0.25, 0.3) is 11.4 Å². The minimum atomic E-state index is -0.785. The van der Waals surface area contributed by atoms with Crippen molar-refractivity contribution in [2.45, 2.75) is 45.9 Å². The molecule has 9 nitrogen and oxygen atoms in total. The van der Waals surface area contributed by atoms with E-state index >= 15 is 4.39 Å². The van der Waals surface area contributed by atoms with Crippen LogP contribution in [0.15, 0.2) is 73.1 Å². The summed E-state index contributed by atoms with van der Waals surface area (Å²) in [6.07, 6.45) is 3.36. The van der Waals surface area contributed by atoms with E-state index in [0.717, 1.165) is 11.1 Å². The Morgan fingerprint density at radius 2 is 1.73 bits per heavy atom. The molecule has 2 aromatic carbocycles. The third kappa shape index (κ3) is 7.76. The lowest BCUT2D eigenvalue weighted by Gasteiger charge is -2.45. The highest BCUT2D eigenvalue weighted by Crippen LogP contribution is 2.33. The molecular weight excluding hydrogens is 618 g/mol. The fourth-order valence-electron chi connectivity index (χ4n) is 5.32. The summed E-state index contributed by atoms with van der Waals surface area (Å²) in [5.74, 6) is -0.0663. The van der Waals surface area contributed by atoms with Crippen molar-refractivity contribution in [1.29, 1.82) is 0 Å². The van der Waals surface area contributed by atoms with Crippen LogP contribution in [0.2, 0.25) is 10.3 Å². The van der Waals surface area contributed by atoms with Crippen molar-refractivity contribution in [1.82, 2.24) is 30.1 Å². The number of rotatable bonds is 9. The van der Waals surface area contributed by atoms with Gasteiger partial charge in [0.1, 0.15) is 22.8 Å². The van der Waals surface area contributed by atoms with Crippen molar-refractivity contribution in [2.75, 3.05) is 13.1 Å². The van der Waals surface area contributed by atoms with Crippen LogP contribution in [0.5, 0.6) is 11.5 Å². The largest absolute Gasteiger partial charge is 0.454 e. The van der Waals surface area contributed by atoms with Crippen molar-refractivity contribution >= 4 is 35.0 Å². The first kappa shape index (κ1) is 32.3. The molecule has 1 fully saturated rings. The number of amides is 2. The Morgan fingerprint density at radius 3 is 2.42 bits per heavy atom. The number of carbonyl (C=O) groups excluding carboxylic acids is 2. The minimum absolute atomic E-state index is 0.0481. The lowest BCUT2D eigenvalue weighted by molar-refractivity contribution is -0.150. The zero-order chi connectivity index (χ0) is 32.1. The topological polar surface area (TPSA) is 101 Å². The van der Waals surface area contributed by atoms with Gasteiger partial charge in [0.25, 0.3) is 0 Å². The first-order chi connectivity index (χ1) is 21.6. The molecule has 1 aliphatic heterocycles. The van der Waals surface area contributed by atoms with E-state index in [4.69, 9.17) is 27.9 Å². The molecule has 2 amide bonds. The van der Waals surface area contributed by atoms with Crippen LogP contribution in [-0.4, -0.2) is 61.7 Å². The van der Waals surface area contributed by atoms with Crippen LogP contribution >= 0.6 is 23.2 Å². The molecule has 1 aliphatic rings. The number of nitrogens with one attached hydrogen (secondary N) is 1. The van der Waals surface area contributed by atoms with Crippen molar-refractivity contribution < 1.29 is 18.7 Å². The zero-order valence-corrected chi connectivity index (χ0v) is 26.6. The second kappa shape index (κ2) is 14.3. The summed E-state index contributed by atoms with van der Waals surface area (Å²) in [7, 11) is 0. The van der Waals surface area contributed by atoms with E-state index in [-0.39, 0.29) is 65.2 Å². The summed E-state index contributed by atoms with van der Waals surface area (Å²) in [6, 6.07) is 15.9. The van der Waals surface area contributed by atoms with Gasteiger partial charge in [0, 0.05) is 61.7 Å². The highest BCUT2D eigenvalue weighted by atomic mass is 35.5. The van der Waals surface area contributed by atoms with Crippen LogP contribution in [0.4, 0.5) is 4.39 Å². The average molecular weight is 652 g/mol. The maximum atomic E-state index is 15.3. The van der Waals surface area contributed by atoms with E-state index in [1.165, 1.54) is 12.1 Å². The van der Waals surface area contributed by atoms with Crippen LogP contribution in [0.1, 0.15) is 31.9 Å². The maximum absolute atomic E-state index is 15.3. The first-order valence-electron chi connectivity index (χ1n) is 14.6. The number of nitrogens with zero attached hydrogens (tertiary/aromatic N) is 5. The maximum Gasteiger partial charge on any atom is 0.244 e. The molecule has 45 heavy (non-hydrogen) atoms. The van der Waals surface area contributed by atoms with Gasteiger partial charge in [-0.1, -0.05) is 67.4 Å². The van der Waals surface area contributed by atoms with Gasteiger partial charge in [-0.3, -0.25) is 14.5 Å². The lowest BCUT2D eigenvalue weighted by Crippen LogP contribution is -2.64. The Balaban J connectivity index is 1.33. The second-order valence-electron chi connectivity index (χ2n) is 11.2. The SMILES string of the molecule is CC(C)C(=O)N1[C@H](C)CN(Cc2c(F)cccc2Oc2ccc(Cl)nc2Cl)C[C@@H]1C(=O)NCc1ccc(-c2ncccn2)cc1. The molecule has 0 aliphatic carbocycles. The van der Waals surface area contributed by atoms with Gasteiger partial charge in [-0.2, -0.15) is 0 Å². The molecule has 4 aromatic rings. The van der Waals surface area contributed by atoms with E-state index in [2.05, 4.69) is 20.3 Å². The van der Waals surface area contributed by atoms with Gasteiger partial charge in [-0.25, -0.2) is 19.3 Å². The predicted molar refractivity (Wildman–Crippen MR) is 170 cm³/mol. The van der Waals surface area contributed by atoms with Crippen LogP contribution in [0, 0.1) is 11.7 Å². The number of hydrogen-bond donors (Lipinski definition) is 1. The zero-order valence-electron chi connectivity index (χ0n) is 25.1. The number of ether oxygens (including phenoxy) is 1. The number of benzene rings is 2. The number of carbonyl (C=O) groups is 2. The molecule has 0 saturated carbocycles. The van der Waals surface area contributed by atoms with Gasteiger partial charge in [0.2, 0.25) is 11.8 Å². The van der Waals surface area contributed by atoms with Crippen molar-refractivity contribution in [3.8, 4) is 22.9 Å². The fourth-order valence-corrected chi connectivity index (χ4v) is 5.70. The van der Waals surface area contributed by atoms with Crippen LogP contribution in [0.3, 0.4) is 0 Å². The molecule has 234 valence electrons. The molecule has 1 saturated heterocycles. The van der Waals surface area contributed by atoms with E-state index < -0.39 is 11.9 Å². The quantitative estimate of drug-likeness (QED) is 0.217. The second-order valence-corrected chi connectivity index (χ2v) is 11.9. The molecule has 0 spiro atoms. The normalized spacial score (nSPS) is 16.9. The Morgan fingerprint density at radius 1 is 1.00 bits per heavy atom. The van der Waals surface area contributed by atoms with Gasteiger partial charge in [-0.05, 0) is 42.8 Å². The molecule has 1 N–H and O–H groups in total. The summed E-state index contributed by atoms with van der Waals surface area (Å²) < 4.78 is 21.2. The van der Waals surface area contributed by atoms with Crippen molar-refractivity contribution in [2.24, 2.45) is 5.92 Å². The minimum Gasteiger partial charge on any atom is -0.454 e. The van der Waals surface area contributed by atoms with Crippen LogP contribution in [-0.2, 0) is 22.7 Å². The number of halogens is 3. The average Bonchev–Trinajstić information content (AvgIpc) is 3.03. The van der Waals surface area contributed by atoms with Gasteiger partial charge >= 0.3 is 0 Å². The predicted octanol–water partition coefficient (Wildman–Crippen LogP) is 6.15. The molecule has 0 unspecified atom stereocenters. The summed E-state index contributed by atoms with van der Waals surface area (Å²) in [5, 5.41) is 3.26. The standard InChI is InChI=1S/C33H33Cl2FN6O3/c1-20(2)33(44)42-21(3)17-41(18-24-25(36)6-4-7-27(24)45-28-12-13-29(34)40-30(28)35)19-26(42)32(43)39-16-22-8-10-23(11-9-22)31-37-14-5-15-38-31/h4-15,20-21,26H,16-19H2,1-3H3,(H,39,43)/t21-,26-/m1/s1. The van der Waals surface area contributed by atoms with Gasteiger partial charge in [0.15, 0.2) is 16.7 Å². The van der Waals surface area contributed by atoms with E-state index in [9.17, 15) is 9.59 Å². The molecule has 3 heterocycles. The molecule has 0 bridgehead atoms. The highest BCUT2D eigenvalue weighted by Gasteiger charge is 2.40. The third-order valence-electron chi connectivity index (χ3n) is 7.52. The Hall–Kier alpha value is -4.12. The molecular formula is C33H33Cl2FN6O3. The van der Waals surface area contributed by atoms with Gasteiger partial charge in [-0.15, -0.1) is 0 Å². The lowest BCUT2D eigenvalue weighted by atomic mass is 10.0. The molecule has 5 rings (SSSR count). The van der Waals surface area contributed by atoms with Crippen LogP contribution < -0.4 is 10.1 Å². The monoisotopic (exact) mass is 650 g/mol. The summed E-state index contributed by atoms with van der Waals surface area (Å²) in [4.78, 5) is 43.1. The van der Waals surface area contributed by atoms with Gasteiger partial charge < -0.3 is 15.0 Å². The summed E-state index contributed by atoms with van der Waals surface area (Å²) >= 11 is 12.1. The Kier molecular flexibility index (Phi) is 10.3. The Bertz CT molecular complexity index is 1660. The highest BCUT2D eigenvalue weighted by molar-refractivity contribution is 6.33. The smallest absolute Gasteiger partial charge is 0.244 e. The molecule has 2 atom stereocenters. The summed E-state index contributed by atoms with van der Waals surface area (Å²) in [6.45, 7) is 6.57. The number of hydrogen-bond acceptors (Lipinski definition) is 7. The molecule has 12 heteroatoms. The van der Waals surface area contributed by atoms with E-state index in [1.807, 2.05) is 49.9 Å². The molecule has 2 aromatic heterocycles. The fraction of sp³-hybridized carbons (Fsp3) is 0.303. The third-order valence-corrected chi connectivity index (χ3v) is 8.00. The van der Waals surface area contributed by atoms with Crippen molar-refractivity contribution in [3.63, 3.8) is 0 Å². The van der Waals surface area contributed by atoms with E-state index in [0.29, 0.717) is 17.9 Å². The van der Waals surface area contributed by atoms with E-state index in [1.54, 1.807) is 41.6 Å². The number of aromatic nitrogens is 3. The summed E-state index contributed by atoms with van der Waals surface area (Å²) in [5.41, 5.74) is 2.04.